The van der Waals surface area contributed by atoms with Crippen molar-refractivity contribution in [3.63, 3.8) is 0 Å². The number of alkyl carbamates (subject to hydrolysis) is 1. The minimum Gasteiger partial charge on any atom is -0.444 e. The standard InChI is InChI=1S/C33H49N5O3/c1-33(2,3)41-32(40)35-20-12-9-11-19-34-31(39)14-10-8-13-21-38-29-23-27(36(4)5)17-15-25(29)22-26-16-18-28(37(6)7)24-30(26)38/h15-18,22-24H,8-14,19-21H2,1-7H3,(H-,34,35,39,40)/p+1. The lowest BCUT2D eigenvalue weighted by atomic mass is 10.1. The molecule has 2 amide bonds. The number of nitrogens with zero attached hydrogens (tertiary/aromatic N) is 3. The van der Waals surface area contributed by atoms with Crippen molar-refractivity contribution < 1.29 is 18.9 Å². The van der Waals surface area contributed by atoms with Crippen LogP contribution in [0.15, 0.2) is 42.5 Å². The molecule has 41 heavy (non-hydrogen) atoms. The Labute approximate surface area is 246 Å². The lowest BCUT2D eigenvalue weighted by Crippen LogP contribution is -2.36. The number of unbranched alkanes of at least 4 members (excludes halogenated alkanes) is 4. The third-order valence-corrected chi connectivity index (χ3v) is 7.08. The first-order chi connectivity index (χ1) is 19.4. The predicted octanol–water partition coefficient (Wildman–Crippen LogP) is 5.78. The Bertz CT molecular complexity index is 1250. The van der Waals surface area contributed by atoms with E-state index in [4.69, 9.17) is 4.74 Å². The zero-order valence-electron chi connectivity index (χ0n) is 26.2. The summed E-state index contributed by atoms with van der Waals surface area (Å²) in [6.07, 6.45) is 5.76. The van der Waals surface area contributed by atoms with Gasteiger partial charge in [-0.1, -0.05) is 0 Å². The third-order valence-electron chi connectivity index (χ3n) is 7.08. The van der Waals surface area contributed by atoms with E-state index < -0.39 is 5.60 Å². The molecule has 0 spiro atoms. The van der Waals surface area contributed by atoms with Gasteiger partial charge in [-0.05, 0) is 83.2 Å². The minimum absolute atomic E-state index is 0.117. The highest BCUT2D eigenvalue weighted by atomic mass is 16.6. The van der Waals surface area contributed by atoms with Gasteiger partial charge in [0.25, 0.3) is 0 Å². The van der Waals surface area contributed by atoms with E-state index in [0.29, 0.717) is 19.5 Å². The quantitative estimate of drug-likeness (QED) is 0.147. The number of hydrogen-bond donors (Lipinski definition) is 2. The van der Waals surface area contributed by atoms with Gasteiger partial charge in [0, 0.05) is 88.4 Å². The lowest BCUT2D eigenvalue weighted by molar-refractivity contribution is -0.645. The highest BCUT2D eigenvalue weighted by molar-refractivity contribution is 5.91. The summed E-state index contributed by atoms with van der Waals surface area (Å²) >= 11 is 0. The number of aryl methyl sites for hydroxylation is 1. The molecule has 0 saturated carbocycles. The van der Waals surface area contributed by atoms with E-state index in [0.717, 1.165) is 45.1 Å². The molecule has 0 bridgehead atoms. The molecule has 1 heterocycles. The van der Waals surface area contributed by atoms with Gasteiger partial charge in [0.2, 0.25) is 16.9 Å². The number of anilines is 2. The number of fused-ring (bicyclic) bond motifs is 2. The SMILES string of the molecule is CN(C)c1ccc2cc3ccc(N(C)C)cc3[n+](CCCCCC(=O)NCCCCCNC(=O)OC(C)(C)C)c2c1. The number of carbonyl (C=O) groups is 2. The molecule has 3 rings (SSSR count). The first-order valence-electron chi connectivity index (χ1n) is 14.9. The Morgan fingerprint density at radius 2 is 1.27 bits per heavy atom. The van der Waals surface area contributed by atoms with E-state index in [2.05, 4.69) is 95.7 Å². The summed E-state index contributed by atoms with van der Waals surface area (Å²) in [6.45, 7) is 7.71. The predicted molar refractivity (Wildman–Crippen MR) is 170 cm³/mol. The van der Waals surface area contributed by atoms with Gasteiger partial charge in [-0.15, -0.1) is 0 Å². The van der Waals surface area contributed by atoms with Crippen LogP contribution >= 0.6 is 0 Å². The molecule has 224 valence electrons. The molecule has 3 aromatic rings. The Balaban J connectivity index is 1.46. The fourth-order valence-electron chi connectivity index (χ4n) is 4.85. The van der Waals surface area contributed by atoms with Crippen LogP contribution in [-0.4, -0.2) is 58.9 Å². The van der Waals surface area contributed by atoms with Crippen molar-refractivity contribution >= 4 is 45.2 Å². The summed E-state index contributed by atoms with van der Waals surface area (Å²) in [5, 5.41) is 8.28. The zero-order chi connectivity index (χ0) is 30.0. The summed E-state index contributed by atoms with van der Waals surface area (Å²) < 4.78 is 7.68. The maximum atomic E-state index is 12.3. The molecular weight excluding hydrogens is 514 g/mol. The highest BCUT2D eigenvalue weighted by Crippen LogP contribution is 2.25. The highest BCUT2D eigenvalue weighted by Gasteiger charge is 2.18. The number of amides is 2. The number of pyridine rings is 1. The van der Waals surface area contributed by atoms with Gasteiger partial charge in [0.05, 0.1) is 0 Å². The van der Waals surface area contributed by atoms with E-state index in [-0.39, 0.29) is 12.0 Å². The number of hydrogen-bond acceptors (Lipinski definition) is 5. The monoisotopic (exact) mass is 564 g/mol. The van der Waals surface area contributed by atoms with Crippen LogP contribution in [0.5, 0.6) is 0 Å². The molecule has 2 N–H and O–H groups in total. The molecule has 0 atom stereocenters. The van der Waals surface area contributed by atoms with Crippen LogP contribution in [0.4, 0.5) is 16.2 Å². The molecule has 0 aliphatic rings. The average Bonchev–Trinajstić information content (AvgIpc) is 2.90. The molecule has 0 aliphatic heterocycles. The van der Waals surface area contributed by atoms with Gasteiger partial charge in [-0.3, -0.25) is 4.79 Å². The van der Waals surface area contributed by atoms with Gasteiger partial charge in [0.15, 0.2) is 0 Å². The molecule has 0 unspecified atom stereocenters. The van der Waals surface area contributed by atoms with E-state index >= 15 is 0 Å². The second kappa shape index (κ2) is 14.9. The molecule has 2 aromatic carbocycles. The van der Waals surface area contributed by atoms with Gasteiger partial charge < -0.3 is 25.2 Å². The fourth-order valence-corrected chi connectivity index (χ4v) is 4.85. The third kappa shape index (κ3) is 10.1. The summed E-state index contributed by atoms with van der Waals surface area (Å²) in [6, 6.07) is 15.6. The normalized spacial score (nSPS) is 11.5. The number of ether oxygens (including phenoxy) is 1. The Morgan fingerprint density at radius 1 is 0.732 bits per heavy atom. The van der Waals surface area contributed by atoms with Crippen molar-refractivity contribution in [2.75, 3.05) is 51.1 Å². The van der Waals surface area contributed by atoms with Crippen molar-refractivity contribution in [3.8, 4) is 0 Å². The average molecular weight is 565 g/mol. The van der Waals surface area contributed by atoms with E-state index in [1.54, 1.807) is 0 Å². The second-order valence-electron chi connectivity index (χ2n) is 12.2. The molecule has 8 heteroatoms. The van der Waals surface area contributed by atoms with Gasteiger partial charge in [-0.2, -0.15) is 4.57 Å². The summed E-state index contributed by atoms with van der Waals surface area (Å²) in [5.41, 5.74) is 4.36. The Morgan fingerprint density at radius 3 is 1.80 bits per heavy atom. The van der Waals surface area contributed by atoms with Crippen LogP contribution in [0, 0.1) is 0 Å². The summed E-state index contributed by atoms with van der Waals surface area (Å²) in [5.74, 6) is 0.117. The Kier molecular flexibility index (Phi) is 11.6. The smallest absolute Gasteiger partial charge is 0.407 e. The van der Waals surface area contributed by atoms with Crippen LogP contribution < -0.4 is 25.0 Å². The summed E-state index contributed by atoms with van der Waals surface area (Å²) in [4.78, 5) is 28.3. The van der Waals surface area contributed by atoms with Crippen LogP contribution in [0.2, 0.25) is 0 Å². The number of aromatic nitrogens is 1. The minimum atomic E-state index is -0.483. The van der Waals surface area contributed by atoms with Gasteiger partial charge >= 0.3 is 6.09 Å². The number of rotatable bonds is 14. The number of benzene rings is 2. The molecular formula is C33H50N5O3+. The first-order valence-corrected chi connectivity index (χ1v) is 14.9. The van der Waals surface area contributed by atoms with E-state index in [9.17, 15) is 9.59 Å². The van der Waals surface area contributed by atoms with Crippen LogP contribution in [0.25, 0.3) is 21.8 Å². The van der Waals surface area contributed by atoms with Crippen molar-refractivity contribution in [3.05, 3.63) is 42.5 Å². The second-order valence-corrected chi connectivity index (χ2v) is 12.2. The van der Waals surface area contributed by atoms with Crippen LogP contribution in [0.3, 0.4) is 0 Å². The molecule has 0 fully saturated rings. The van der Waals surface area contributed by atoms with Crippen molar-refractivity contribution in [2.45, 2.75) is 77.9 Å². The molecule has 0 aliphatic carbocycles. The first kappa shape index (κ1) is 32.0. The summed E-state index contributed by atoms with van der Waals surface area (Å²) in [7, 11) is 8.30. The Hall–Kier alpha value is -3.55. The van der Waals surface area contributed by atoms with Gasteiger partial charge in [0.1, 0.15) is 12.1 Å². The van der Waals surface area contributed by atoms with Crippen molar-refractivity contribution in [1.82, 2.24) is 10.6 Å². The fraction of sp³-hybridized carbons (Fsp3) is 0.545. The van der Waals surface area contributed by atoms with Crippen LogP contribution in [-0.2, 0) is 16.1 Å². The molecule has 0 saturated heterocycles. The topological polar surface area (TPSA) is 77.8 Å². The molecule has 8 nitrogen and oxygen atoms in total. The number of carbonyl (C=O) groups excluding carboxylic acids is 2. The van der Waals surface area contributed by atoms with E-state index in [1.807, 2.05) is 20.8 Å². The zero-order valence-corrected chi connectivity index (χ0v) is 26.2. The van der Waals surface area contributed by atoms with Crippen molar-refractivity contribution in [2.24, 2.45) is 0 Å². The molecule has 1 aromatic heterocycles. The van der Waals surface area contributed by atoms with Crippen LogP contribution in [0.1, 0.15) is 65.7 Å². The maximum absolute atomic E-state index is 12.3. The lowest BCUT2D eigenvalue weighted by Gasteiger charge is -2.19. The van der Waals surface area contributed by atoms with Crippen molar-refractivity contribution in [1.29, 1.82) is 0 Å². The largest absolute Gasteiger partial charge is 0.444 e. The molecule has 0 radical (unpaired) electrons. The number of nitrogens with one attached hydrogen (secondary N) is 2. The van der Waals surface area contributed by atoms with Gasteiger partial charge in [-0.25, -0.2) is 4.79 Å². The maximum Gasteiger partial charge on any atom is 0.407 e. The van der Waals surface area contributed by atoms with E-state index in [1.165, 1.54) is 33.2 Å².